The highest BCUT2D eigenvalue weighted by molar-refractivity contribution is 7.99. The van der Waals surface area contributed by atoms with E-state index >= 15 is 0 Å². The van der Waals surface area contributed by atoms with Crippen molar-refractivity contribution in [2.45, 2.75) is 44.8 Å². The van der Waals surface area contributed by atoms with Crippen molar-refractivity contribution in [1.29, 1.82) is 0 Å². The van der Waals surface area contributed by atoms with Gasteiger partial charge < -0.3 is 9.88 Å². The molecule has 7 heteroatoms. The van der Waals surface area contributed by atoms with E-state index in [4.69, 9.17) is 0 Å². The van der Waals surface area contributed by atoms with E-state index < -0.39 is 0 Å². The molecule has 148 valence electrons. The molecule has 2 heterocycles. The number of thioether (sulfide) groups is 1. The highest BCUT2D eigenvalue weighted by atomic mass is 32.2. The summed E-state index contributed by atoms with van der Waals surface area (Å²) >= 11 is 3.07. The number of carbonyl (C=O) groups excluding carboxylic acids is 1. The Labute approximate surface area is 174 Å². The Hall–Kier alpha value is -2.12. The lowest BCUT2D eigenvalue weighted by molar-refractivity contribution is -0.118. The Morgan fingerprint density at radius 1 is 1.21 bits per heavy atom. The number of nitrogens with one attached hydrogen (secondary N) is 1. The van der Waals surface area contributed by atoms with Crippen LogP contribution in [0.5, 0.6) is 0 Å². The summed E-state index contributed by atoms with van der Waals surface area (Å²) in [5.41, 5.74) is 2.58. The predicted octanol–water partition coefficient (Wildman–Crippen LogP) is 4.60. The van der Waals surface area contributed by atoms with Crippen molar-refractivity contribution in [1.82, 2.24) is 20.1 Å². The number of carbonyl (C=O) groups is 1. The molecule has 2 aromatic heterocycles. The molecule has 3 aromatic rings. The van der Waals surface area contributed by atoms with Gasteiger partial charge in [0, 0.05) is 13.1 Å². The Morgan fingerprint density at radius 2 is 2.00 bits per heavy atom. The highest BCUT2D eigenvalue weighted by Crippen LogP contribution is 2.27. The Bertz CT molecular complexity index is 886. The smallest absolute Gasteiger partial charge is 0.230 e. The van der Waals surface area contributed by atoms with Crippen LogP contribution in [0.2, 0.25) is 0 Å². The van der Waals surface area contributed by atoms with Gasteiger partial charge in [-0.1, -0.05) is 55.9 Å². The average Bonchev–Trinajstić information content (AvgIpc) is 3.35. The number of rotatable bonds is 9. The first-order chi connectivity index (χ1) is 13.6. The zero-order valence-electron chi connectivity index (χ0n) is 16.5. The number of hydrogen-bond donors (Lipinski definition) is 1. The molecule has 0 bridgehead atoms. The summed E-state index contributed by atoms with van der Waals surface area (Å²) in [6.45, 7) is 7.86. The van der Waals surface area contributed by atoms with Crippen molar-refractivity contribution in [3.05, 3.63) is 52.9 Å². The second kappa shape index (κ2) is 9.89. The number of benzene rings is 1. The van der Waals surface area contributed by atoms with Gasteiger partial charge >= 0.3 is 0 Å². The molecule has 0 aliphatic heterocycles. The molecule has 0 unspecified atom stereocenters. The van der Waals surface area contributed by atoms with E-state index in [0.717, 1.165) is 28.8 Å². The van der Waals surface area contributed by atoms with Crippen molar-refractivity contribution in [2.75, 3.05) is 12.3 Å². The van der Waals surface area contributed by atoms with Crippen LogP contribution >= 0.6 is 23.1 Å². The summed E-state index contributed by atoms with van der Waals surface area (Å²) < 4.78 is 2.06. The molecule has 3 rings (SSSR count). The summed E-state index contributed by atoms with van der Waals surface area (Å²) in [6.07, 6.45) is 0.836. The summed E-state index contributed by atoms with van der Waals surface area (Å²) in [6, 6.07) is 12.7. The van der Waals surface area contributed by atoms with Crippen LogP contribution in [0.25, 0.3) is 10.7 Å². The lowest BCUT2D eigenvalue weighted by Crippen LogP contribution is -2.27. The second-order valence-electron chi connectivity index (χ2n) is 6.81. The van der Waals surface area contributed by atoms with Crippen LogP contribution in [0, 0.1) is 0 Å². The van der Waals surface area contributed by atoms with Crippen LogP contribution in [-0.4, -0.2) is 33.0 Å². The summed E-state index contributed by atoms with van der Waals surface area (Å²) in [7, 11) is 0. The SMILES string of the molecule is CCn1c(SCC(=O)NCCc2ccc(C(C)C)cc2)nnc1-c1cccs1. The Kier molecular flexibility index (Phi) is 7.28. The molecule has 28 heavy (non-hydrogen) atoms. The van der Waals surface area contributed by atoms with Crippen molar-refractivity contribution in [3.8, 4) is 10.7 Å². The van der Waals surface area contributed by atoms with Gasteiger partial charge in [-0.3, -0.25) is 4.79 Å². The van der Waals surface area contributed by atoms with Gasteiger partial charge in [-0.2, -0.15) is 0 Å². The molecule has 0 spiro atoms. The maximum absolute atomic E-state index is 12.2. The zero-order chi connectivity index (χ0) is 19.9. The third-order valence-corrected chi connectivity index (χ3v) is 6.32. The molecular weight excluding hydrogens is 388 g/mol. The number of hydrogen-bond acceptors (Lipinski definition) is 5. The number of amides is 1. The van der Waals surface area contributed by atoms with Crippen molar-refractivity contribution in [3.63, 3.8) is 0 Å². The second-order valence-corrected chi connectivity index (χ2v) is 8.70. The fourth-order valence-electron chi connectivity index (χ4n) is 2.87. The molecule has 0 aliphatic carbocycles. The molecule has 0 saturated carbocycles. The number of aromatic nitrogens is 3. The van der Waals surface area contributed by atoms with Gasteiger partial charge in [0.15, 0.2) is 11.0 Å². The van der Waals surface area contributed by atoms with Crippen molar-refractivity contribution < 1.29 is 4.79 Å². The largest absolute Gasteiger partial charge is 0.355 e. The van der Waals surface area contributed by atoms with E-state index in [-0.39, 0.29) is 5.91 Å². The van der Waals surface area contributed by atoms with E-state index in [1.807, 2.05) is 17.5 Å². The zero-order valence-corrected chi connectivity index (χ0v) is 18.1. The Balaban J connectivity index is 1.47. The first-order valence-electron chi connectivity index (χ1n) is 9.54. The van der Waals surface area contributed by atoms with Crippen LogP contribution < -0.4 is 5.32 Å². The summed E-state index contributed by atoms with van der Waals surface area (Å²) in [4.78, 5) is 13.3. The molecule has 0 radical (unpaired) electrons. The lowest BCUT2D eigenvalue weighted by Gasteiger charge is -2.08. The fraction of sp³-hybridized carbons (Fsp3) is 0.381. The number of thiophene rings is 1. The van der Waals surface area contributed by atoms with E-state index in [0.29, 0.717) is 18.2 Å². The minimum Gasteiger partial charge on any atom is -0.355 e. The molecule has 0 fully saturated rings. The van der Waals surface area contributed by atoms with Crippen molar-refractivity contribution >= 4 is 29.0 Å². The molecule has 0 atom stereocenters. The first-order valence-corrected chi connectivity index (χ1v) is 11.4. The fourth-order valence-corrected chi connectivity index (χ4v) is 4.41. The maximum Gasteiger partial charge on any atom is 0.230 e. The highest BCUT2D eigenvalue weighted by Gasteiger charge is 2.15. The standard InChI is InChI=1S/C21H26N4OS2/c1-4-25-20(18-6-5-13-27-18)23-24-21(25)28-14-19(26)22-12-11-16-7-9-17(10-8-16)15(2)3/h5-10,13,15H,4,11-12,14H2,1-3H3,(H,22,26). The topological polar surface area (TPSA) is 59.8 Å². The third-order valence-electron chi connectivity index (χ3n) is 4.49. The van der Waals surface area contributed by atoms with Gasteiger partial charge in [-0.05, 0) is 41.8 Å². The maximum atomic E-state index is 12.2. The summed E-state index contributed by atoms with van der Waals surface area (Å²) in [5.74, 6) is 1.77. The lowest BCUT2D eigenvalue weighted by atomic mass is 10.0. The van der Waals surface area contributed by atoms with Gasteiger partial charge in [0.1, 0.15) is 0 Å². The van der Waals surface area contributed by atoms with E-state index in [1.165, 1.54) is 22.9 Å². The van der Waals surface area contributed by atoms with Crippen LogP contribution in [0.3, 0.4) is 0 Å². The van der Waals surface area contributed by atoms with E-state index in [9.17, 15) is 4.79 Å². The molecule has 0 saturated heterocycles. The van der Waals surface area contributed by atoms with Crippen LogP contribution in [0.15, 0.2) is 46.9 Å². The predicted molar refractivity (Wildman–Crippen MR) is 117 cm³/mol. The minimum atomic E-state index is 0.0205. The van der Waals surface area contributed by atoms with Gasteiger partial charge in [0.2, 0.25) is 5.91 Å². The molecule has 1 aromatic carbocycles. The molecule has 1 amide bonds. The van der Waals surface area contributed by atoms with E-state index in [1.54, 1.807) is 11.3 Å². The number of nitrogens with zero attached hydrogens (tertiary/aromatic N) is 3. The van der Waals surface area contributed by atoms with E-state index in [2.05, 4.69) is 65.1 Å². The minimum absolute atomic E-state index is 0.0205. The summed E-state index contributed by atoms with van der Waals surface area (Å²) in [5, 5.41) is 14.4. The normalized spacial score (nSPS) is 11.1. The monoisotopic (exact) mass is 414 g/mol. The molecular formula is C21H26N4OS2. The first kappa shape index (κ1) is 20.6. The van der Waals surface area contributed by atoms with Gasteiger partial charge in [0.05, 0.1) is 10.6 Å². The van der Waals surface area contributed by atoms with Gasteiger partial charge in [0.25, 0.3) is 0 Å². The molecule has 1 N–H and O–H groups in total. The van der Waals surface area contributed by atoms with Gasteiger partial charge in [-0.15, -0.1) is 21.5 Å². The van der Waals surface area contributed by atoms with Crippen LogP contribution in [0.1, 0.15) is 37.8 Å². The average molecular weight is 415 g/mol. The van der Waals surface area contributed by atoms with Crippen LogP contribution in [0.4, 0.5) is 0 Å². The molecule has 0 aliphatic rings. The van der Waals surface area contributed by atoms with Crippen LogP contribution in [-0.2, 0) is 17.8 Å². The quantitative estimate of drug-likeness (QED) is 0.520. The van der Waals surface area contributed by atoms with Crippen molar-refractivity contribution in [2.24, 2.45) is 0 Å². The Morgan fingerprint density at radius 3 is 2.64 bits per heavy atom. The third kappa shape index (κ3) is 5.23. The molecule has 5 nitrogen and oxygen atoms in total. The van der Waals surface area contributed by atoms with Gasteiger partial charge in [-0.25, -0.2) is 0 Å².